The lowest BCUT2D eigenvalue weighted by Crippen LogP contribution is -2.06. The molecule has 0 fully saturated rings. The molecular weight excluding hydrogens is 310 g/mol. The zero-order valence-corrected chi connectivity index (χ0v) is 13.6. The van der Waals surface area contributed by atoms with E-state index in [1.165, 1.54) is 0 Å². The second-order valence-corrected chi connectivity index (χ2v) is 5.87. The van der Waals surface area contributed by atoms with Crippen LogP contribution in [-0.2, 0) is 16.1 Å². The van der Waals surface area contributed by atoms with Crippen LogP contribution in [0.5, 0.6) is 5.75 Å². The molecule has 0 unspecified atom stereocenters. The van der Waals surface area contributed by atoms with Crippen molar-refractivity contribution in [2.75, 3.05) is 12.9 Å². The van der Waals surface area contributed by atoms with E-state index in [1.54, 1.807) is 37.1 Å². The standard InChI is InChI=1S/C18H17NO3S/c1-21-16-6-8-17(9-7-16)23-11-10-18(20)22-13-15-5-3-2-4-14(15)12-19/h2-9H,10-11,13H2,1H3. The third-order valence-electron chi connectivity index (χ3n) is 3.16. The Bertz CT molecular complexity index is 692. The maximum absolute atomic E-state index is 11.8. The first-order valence-corrected chi connectivity index (χ1v) is 8.12. The Kier molecular flexibility index (Phi) is 6.52. The van der Waals surface area contributed by atoms with Crippen LogP contribution in [0, 0.1) is 11.3 Å². The summed E-state index contributed by atoms with van der Waals surface area (Å²) in [4.78, 5) is 12.8. The molecule has 0 aliphatic heterocycles. The minimum Gasteiger partial charge on any atom is -0.497 e. The molecular formula is C18H17NO3S. The van der Waals surface area contributed by atoms with Crippen LogP contribution in [0.4, 0.5) is 0 Å². The normalized spacial score (nSPS) is 9.91. The predicted molar refractivity (Wildman–Crippen MR) is 89.3 cm³/mol. The van der Waals surface area contributed by atoms with Crippen LogP contribution in [0.2, 0.25) is 0 Å². The smallest absolute Gasteiger partial charge is 0.306 e. The van der Waals surface area contributed by atoms with Gasteiger partial charge in [-0.05, 0) is 30.3 Å². The number of rotatable bonds is 7. The Balaban J connectivity index is 1.73. The van der Waals surface area contributed by atoms with E-state index in [-0.39, 0.29) is 12.6 Å². The Morgan fingerprint density at radius 1 is 1.17 bits per heavy atom. The van der Waals surface area contributed by atoms with Gasteiger partial charge in [0.15, 0.2) is 0 Å². The van der Waals surface area contributed by atoms with Crippen LogP contribution in [-0.4, -0.2) is 18.8 Å². The fourth-order valence-corrected chi connectivity index (χ4v) is 2.74. The van der Waals surface area contributed by atoms with Gasteiger partial charge in [0.2, 0.25) is 0 Å². The third-order valence-corrected chi connectivity index (χ3v) is 4.17. The van der Waals surface area contributed by atoms with Gasteiger partial charge in [0, 0.05) is 16.2 Å². The fourth-order valence-electron chi connectivity index (χ4n) is 1.91. The summed E-state index contributed by atoms with van der Waals surface area (Å²) in [6, 6.07) is 16.9. The molecule has 4 nitrogen and oxygen atoms in total. The molecule has 0 aromatic heterocycles. The summed E-state index contributed by atoms with van der Waals surface area (Å²) in [6.45, 7) is 0.135. The van der Waals surface area contributed by atoms with Crippen molar-refractivity contribution in [2.45, 2.75) is 17.9 Å². The number of carbonyl (C=O) groups excluding carboxylic acids is 1. The van der Waals surface area contributed by atoms with Crippen molar-refractivity contribution in [3.8, 4) is 11.8 Å². The molecule has 0 saturated carbocycles. The van der Waals surface area contributed by atoms with Crippen LogP contribution in [0.1, 0.15) is 17.5 Å². The first kappa shape index (κ1) is 16.9. The minimum atomic E-state index is -0.265. The van der Waals surface area contributed by atoms with Crippen LogP contribution in [0.25, 0.3) is 0 Å². The second-order valence-electron chi connectivity index (χ2n) is 4.70. The van der Waals surface area contributed by atoms with Gasteiger partial charge in [-0.15, -0.1) is 11.8 Å². The highest BCUT2D eigenvalue weighted by Crippen LogP contribution is 2.22. The van der Waals surface area contributed by atoms with E-state index in [2.05, 4.69) is 6.07 Å². The Hall–Kier alpha value is -2.45. The van der Waals surface area contributed by atoms with E-state index in [0.29, 0.717) is 17.7 Å². The van der Waals surface area contributed by atoms with Crippen molar-refractivity contribution in [3.63, 3.8) is 0 Å². The van der Waals surface area contributed by atoms with Crippen molar-refractivity contribution in [1.82, 2.24) is 0 Å². The number of methoxy groups -OCH3 is 1. The maximum atomic E-state index is 11.8. The van der Waals surface area contributed by atoms with E-state index >= 15 is 0 Å². The SMILES string of the molecule is COc1ccc(SCCC(=O)OCc2ccccc2C#N)cc1. The second kappa shape index (κ2) is 8.86. The number of esters is 1. The van der Waals surface area contributed by atoms with Crippen molar-refractivity contribution in [2.24, 2.45) is 0 Å². The summed E-state index contributed by atoms with van der Waals surface area (Å²) in [6.07, 6.45) is 0.325. The van der Waals surface area contributed by atoms with Gasteiger partial charge in [-0.2, -0.15) is 5.26 Å². The number of hydrogen-bond donors (Lipinski definition) is 0. The summed E-state index contributed by atoms with van der Waals surface area (Å²) in [5, 5.41) is 8.99. The maximum Gasteiger partial charge on any atom is 0.306 e. The quantitative estimate of drug-likeness (QED) is 0.572. The summed E-state index contributed by atoms with van der Waals surface area (Å²) < 4.78 is 10.3. The van der Waals surface area contributed by atoms with Crippen LogP contribution >= 0.6 is 11.8 Å². The molecule has 5 heteroatoms. The van der Waals surface area contributed by atoms with E-state index in [1.807, 2.05) is 30.3 Å². The Labute approximate surface area is 140 Å². The topological polar surface area (TPSA) is 59.3 Å². The third kappa shape index (κ3) is 5.35. The van der Waals surface area contributed by atoms with Gasteiger partial charge >= 0.3 is 5.97 Å². The monoisotopic (exact) mass is 327 g/mol. The lowest BCUT2D eigenvalue weighted by molar-refractivity contribution is -0.144. The van der Waals surface area contributed by atoms with E-state index in [4.69, 9.17) is 14.7 Å². The molecule has 0 atom stereocenters. The molecule has 0 saturated heterocycles. The molecule has 0 spiro atoms. The van der Waals surface area contributed by atoms with E-state index < -0.39 is 0 Å². The van der Waals surface area contributed by atoms with Crippen molar-refractivity contribution in [1.29, 1.82) is 5.26 Å². The first-order valence-electron chi connectivity index (χ1n) is 7.13. The van der Waals surface area contributed by atoms with Gasteiger partial charge in [0.25, 0.3) is 0 Å². The molecule has 0 amide bonds. The molecule has 2 aromatic carbocycles. The lowest BCUT2D eigenvalue weighted by atomic mass is 10.1. The van der Waals surface area contributed by atoms with Gasteiger partial charge in [-0.3, -0.25) is 4.79 Å². The average Bonchev–Trinajstić information content (AvgIpc) is 2.60. The minimum absolute atomic E-state index is 0.135. The summed E-state index contributed by atoms with van der Waals surface area (Å²) in [5.74, 6) is 1.19. The van der Waals surface area contributed by atoms with E-state index in [9.17, 15) is 4.79 Å². The van der Waals surface area contributed by atoms with Gasteiger partial charge in [-0.25, -0.2) is 0 Å². The van der Waals surface area contributed by atoms with Gasteiger partial charge in [0.05, 0.1) is 25.2 Å². The number of nitriles is 1. The van der Waals surface area contributed by atoms with Crippen LogP contribution in [0.3, 0.4) is 0 Å². The highest BCUT2D eigenvalue weighted by Gasteiger charge is 2.07. The van der Waals surface area contributed by atoms with Gasteiger partial charge in [-0.1, -0.05) is 18.2 Å². The highest BCUT2D eigenvalue weighted by atomic mass is 32.2. The summed E-state index contributed by atoms with van der Waals surface area (Å²) in [7, 11) is 1.63. The molecule has 0 aliphatic rings. The van der Waals surface area contributed by atoms with Crippen molar-refractivity contribution < 1.29 is 14.3 Å². The molecule has 0 aliphatic carbocycles. The molecule has 2 rings (SSSR count). The molecule has 2 aromatic rings. The fraction of sp³-hybridized carbons (Fsp3) is 0.222. The lowest BCUT2D eigenvalue weighted by Gasteiger charge is -2.06. The summed E-state index contributed by atoms with van der Waals surface area (Å²) >= 11 is 1.59. The van der Waals surface area contributed by atoms with E-state index in [0.717, 1.165) is 16.2 Å². The summed E-state index contributed by atoms with van der Waals surface area (Å²) in [5.41, 5.74) is 1.26. The number of nitrogens with zero attached hydrogens (tertiary/aromatic N) is 1. The zero-order valence-electron chi connectivity index (χ0n) is 12.8. The van der Waals surface area contributed by atoms with Crippen LogP contribution in [0.15, 0.2) is 53.4 Å². The van der Waals surface area contributed by atoms with Crippen molar-refractivity contribution in [3.05, 3.63) is 59.7 Å². The molecule has 0 radical (unpaired) electrons. The zero-order chi connectivity index (χ0) is 16.5. The predicted octanol–water partition coefficient (Wildman–Crippen LogP) is 3.79. The highest BCUT2D eigenvalue weighted by molar-refractivity contribution is 7.99. The molecule has 0 N–H and O–H groups in total. The first-order chi connectivity index (χ1) is 11.2. The number of carbonyl (C=O) groups is 1. The molecule has 0 heterocycles. The van der Waals surface area contributed by atoms with Crippen LogP contribution < -0.4 is 4.74 Å². The number of benzene rings is 2. The molecule has 0 bridgehead atoms. The average molecular weight is 327 g/mol. The largest absolute Gasteiger partial charge is 0.497 e. The molecule has 118 valence electrons. The molecule has 23 heavy (non-hydrogen) atoms. The Morgan fingerprint density at radius 2 is 1.91 bits per heavy atom. The number of hydrogen-bond acceptors (Lipinski definition) is 5. The van der Waals surface area contributed by atoms with Gasteiger partial charge < -0.3 is 9.47 Å². The van der Waals surface area contributed by atoms with Gasteiger partial charge in [0.1, 0.15) is 12.4 Å². The number of ether oxygens (including phenoxy) is 2. The Morgan fingerprint density at radius 3 is 2.61 bits per heavy atom. The number of thioether (sulfide) groups is 1. The van der Waals surface area contributed by atoms with Crippen molar-refractivity contribution >= 4 is 17.7 Å².